The van der Waals surface area contributed by atoms with Crippen LogP contribution in [0.15, 0.2) is 18.2 Å². The van der Waals surface area contributed by atoms with Gasteiger partial charge in [0.25, 0.3) is 0 Å². The first-order chi connectivity index (χ1) is 10.1. The molecule has 0 aliphatic rings. The number of aromatic nitrogens is 3. The maximum absolute atomic E-state index is 13.5. The number of nitrogens with zero attached hydrogens (tertiary/aromatic N) is 3. The lowest BCUT2D eigenvalue weighted by Gasteiger charge is -2.08. The number of anilines is 1. The van der Waals surface area contributed by atoms with Gasteiger partial charge in [-0.1, -0.05) is 6.92 Å². The molecule has 0 unspecified atom stereocenters. The Morgan fingerprint density at radius 3 is 2.81 bits per heavy atom. The standard InChI is InChI=1S/C13H13ClF2N4O/c1-2-5-21-13-19-11(14)18-12(20-13)17-7-8-6-9(15)3-4-10(8)16/h3-4,6H,2,5,7H2,1H3,(H,17,18,19,20). The van der Waals surface area contributed by atoms with Gasteiger partial charge < -0.3 is 10.1 Å². The lowest BCUT2D eigenvalue weighted by Crippen LogP contribution is -2.08. The Labute approximate surface area is 125 Å². The number of hydrogen-bond acceptors (Lipinski definition) is 5. The monoisotopic (exact) mass is 314 g/mol. The lowest BCUT2D eigenvalue weighted by atomic mass is 10.2. The number of rotatable bonds is 6. The highest BCUT2D eigenvalue weighted by Crippen LogP contribution is 2.14. The van der Waals surface area contributed by atoms with Crippen LogP contribution in [0.25, 0.3) is 0 Å². The van der Waals surface area contributed by atoms with Crippen LogP contribution in [-0.4, -0.2) is 21.6 Å². The highest BCUT2D eigenvalue weighted by Gasteiger charge is 2.08. The second kappa shape index (κ2) is 7.12. The first kappa shape index (κ1) is 15.4. The van der Waals surface area contributed by atoms with Crippen LogP contribution in [0.3, 0.4) is 0 Å². The lowest BCUT2D eigenvalue weighted by molar-refractivity contribution is 0.291. The SMILES string of the molecule is CCCOc1nc(Cl)nc(NCc2cc(F)ccc2F)n1. The summed E-state index contributed by atoms with van der Waals surface area (Å²) >= 11 is 5.75. The Bertz CT molecular complexity index is 627. The summed E-state index contributed by atoms with van der Waals surface area (Å²) in [6, 6.07) is 3.29. The van der Waals surface area contributed by atoms with E-state index in [1.165, 1.54) is 0 Å². The third-order valence-electron chi connectivity index (χ3n) is 2.47. The highest BCUT2D eigenvalue weighted by atomic mass is 35.5. The molecule has 5 nitrogen and oxygen atoms in total. The average molecular weight is 315 g/mol. The van der Waals surface area contributed by atoms with Gasteiger partial charge in [0.1, 0.15) is 11.6 Å². The number of ether oxygens (including phenoxy) is 1. The summed E-state index contributed by atoms with van der Waals surface area (Å²) in [5.74, 6) is -0.912. The molecule has 1 N–H and O–H groups in total. The summed E-state index contributed by atoms with van der Waals surface area (Å²) in [4.78, 5) is 11.6. The minimum Gasteiger partial charge on any atom is -0.463 e. The maximum atomic E-state index is 13.5. The number of hydrogen-bond donors (Lipinski definition) is 1. The molecule has 1 heterocycles. The zero-order chi connectivity index (χ0) is 15.2. The molecule has 0 bridgehead atoms. The predicted molar refractivity (Wildman–Crippen MR) is 74.3 cm³/mol. The van der Waals surface area contributed by atoms with Crippen LogP contribution < -0.4 is 10.1 Å². The second-order valence-electron chi connectivity index (χ2n) is 4.15. The van der Waals surface area contributed by atoms with Crippen LogP contribution in [-0.2, 0) is 6.54 Å². The van der Waals surface area contributed by atoms with Gasteiger partial charge in [0.2, 0.25) is 11.2 Å². The van der Waals surface area contributed by atoms with E-state index >= 15 is 0 Å². The minimum atomic E-state index is -0.522. The zero-order valence-corrected chi connectivity index (χ0v) is 12.0. The van der Waals surface area contributed by atoms with E-state index in [1.54, 1.807) is 0 Å². The van der Waals surface area contributed by atoms with Gasteiger partial charge in [0, 0.05) is 12.1 Å². The van der Waals surface area contributed by atoms with Crippen molar-refractivity contribution in [2.24, 2.45) is 0 Å². The van der Waals surface area contributed by atoms with Crippen LogP contribution in [0.4, 0.5) is 14.7 Å². The van der Waals surface area contributed by atoms with Crippen molar-refractivity contribution in [3.63, 3.8) is 0 Å². The molecule has 0 atom stereocenters. The topological polar surface area (TPSA) is 59.9 Å². The molecule has 1 aromatic carbocycles. The summed E-state index contributed by atoms with van der Waals surface area (Å²) in [6.45, 7) is 2.39. The van der Waals surface area contributed by atoms with Crippen LogP contribution in [0.2, 0.25) is 5.28 Å². The molecule has 2 rings (SSSR count). The Balaban J connectivity index is 2.08. The van der Waals surface area contributed by atoms with Crippen molar-refractivity contribution < 1.29 is 13.5 Å². The molecule has 8 heteroatoms. The summed E-state index contributed by atoms with van der Waals surface area (Å²) in [5.41, 5.74) is 0.155. The van der Waals surface area contributed by atoms with Gasteiger partial charge in [-0.15, -0.1) is 0 Å². The third kappa shape index (κ3) is 4.49. The van der Waals surface area contributed by atoms with Crippen LogP contribution >= 0.6 is 11.6 Å². The van der Waals surface area contributed by atoms with Gasteiger partial charge in [-0.2, -0.15) is 15.0 Å². The number of nitrogens with one attached hydrogen (secondary N) is 1. The third-order valence-corrected chi connectivity index (χ3v) is 2.64. The molecule has 0 amide bonds. The van der Waals surface area contributed by atoms with Crippen molar-refractivity contribution in [3.8, 4) is 6.01 Å². The smallest absolute Gasteiger partial charge is 0.322 e. The van der Waals surface area contributed by atoms with E-state index in [2.05, 4.69) is 20.3 Å². The van der Waals surface area contributed by atoms with Crippen molar-refractivity contribution in [2.75, 3.05) is 11.9 Å². The van der Waals surface area contributed by atoms with Gasteiger partial charge in [-0.05, 0) is 36.2 Å². The molecule has 0 aliphatic heterocycles. The van der Waals surface area contributed by atoms with Crippen molar-refractivity contribution in [3.05, 3.63) is 40.7 Å². The molecule has 1 aromatic heterocycles. The predicted octanol–water partition coefficient (Wildman–Crippen LogP) is 3.20. The first-order valence-electron chi connectivity index (χ1n) is 6.30. The van der Waals surface area contributed by atoms with Gasteiger partial charge in [0.15, 0.2) is 0 Å². The summed E-state index contributed by atoms with van der Waals surface area (Å²) in [5, 5.41) is 2.71. The molecule has 2 aromatic rings. The fourth-order valence-electron chi connectivity index (χ4n) is 1.52. The second-order valence-corrected chi connectivity index (χ2v) is 4.49. The van der Waals surface area contributed by atoms with E-state index in [4.69, 9.17) is 16.3 Å². The van der Waals surface area contributed by atoms with Gasteiger partial charge in [0.05, 0.1) is 6.61 Å². The van der Waals surface area contributed by atoms with E-state index in [0.717, 1.165) is 24.6 Å². The van der Waals surface area contributed by atoms with Crippen molar-refractivity contribution in [1.82, 2.24) is 15.0 Å². The molecule has 0 spiro atoms. The van der Waals surface area contributed by atoms with E-state index < -0.39 is 11.6 Å². The van der Waals surface area contributed by atoms with Gasteiger partial charge in [-0.3, -0.25) is 0 Å². The average Bonchev–Trinajstić information content (AvgIpc) is 2.45. The summed E-state index contributed by atoms with van der Waals surface area (Å²) < 4.78 is 31.8. The Morgan fingerprint density at radius 1 is 1.24 bits per heavy atom. The van der Waals surface area contributed by atoms with Crippen LogP contribution in [0.1, 0.15) is 18.9 Å². The van der Waals surface area contributed by atoms with Crippen molar-refractivity contribution in [2.45, 2.75) is 19.9 Å². The highest BCUT2D eigenvalue weighted by molar-refractivity contribution is 6.28. The molecule has 0 radical (unpaired) electrons. The van der Waals surface area contributed by atoms with Gasteiger partial charge >= 0.3 is 6.01 Å². The molecule has 0 fully saturated rings. The van der Waals surface area contributed by atoms with E-state index in [-0.39, 0.29) is 29.4 Å². The summed E-state index contributed by atoms with van der Waals surface area (Å²) in [7, 11) is 0. The Kier molecular flexibility index (Phi) is 5.21. The molecular weight excluding hydrogens is 302 g/mol. The van der Waals surface area contributed by atoms with Crippen molar-refractivity contribution >= 4 is 17.5 Å². The van der Waals surface area contributed by atoms with E-state index in [9.17, 15) is 8.78 Å². The van der Waals surface area contributed by atoms with E-state index in [0.29, 0.717) is 6.61 Å². The number of benzene rings is 1. The fraction of sp³-hybridized carbons (Fsp3) is 0.308. The maximum Gasteiger partial charge on any atom is 0.322 e. The molecular formula is C13H13ClF2N4O. The minimum absolute atomic E-state index is 0.0111. The number of halogens is 3. The summed E-state index contributed by atoms with van der Waals surface area (Å²) in [6.07, 6.45) is 0.792. The zero-order valence-electron chi connectivity index (χ0n) is 11.2. The van der Waals surface area contributed by atoms with Crippen LogP contribution in [0.5, 0.6) is 6.01 Å². The normalized spacial score (nSPS) is 10.5. The Morgan fingerprint density at radius 2 is 2.05 bits per heavy atom. The van der Waals surface area contributed by atoms with Crippen molar-refractivity contribution in [1.29, 1.82) is 0 Å². The van der Waals surface area contributed by atoms with E-state index in [1.807, 2.05) is 6.92 Å². The largest absolute Gasteiger partial charge is 0.463 e. The molecule has 0 aliphatic carbocycles. The quantitative estimate of drug-likeness (QED) is 0.887. The first-order valence-corrected chi connectivity index (χ1v) is 6.68. The molecule has 0 saturated heterocycles. The van der Waals surface area contributed by atoms with Gasteiger partial charge in [-0.25, -0.2) is 8.78 Å². The molecule has 112 valence electrons. The molecule has 0 saturated carbocycles. The Hall–Kier alpha value is -2.02. The van der Waals surface area contributed by atoms with Crippen LogP contribution in [0, 0.1) is 11.6 Å². The fourth-order valence-corrected chi connectivity index (χ4v) is 1.67. The molecule has 21 heavy (non-hydrogen) atoms.